The summed E-state index contributed by atoms with van der Waals surface area (Å²) in [5.74, 6) is 2.86. The monoisotopic (exact) mass is 299 g/mol. The highest BCUT2D eigenvalue weighted by molar-refractivity contribution is 5.37. The minimum atomic E-state index is 0.567. The Hall–Kier alpha value is -2.37. The van der Waals surface area contributed by atoms with Crippen LogP contribution in [0.3, 0.4) is 0 Å². The van der Waals surface area contributed by atoms with Gasteiger partial charge >= 0.3 is 0 Å². The molecule has 0 unspecified atom stereocenters. The molecular formula is C16H21N5O. The second-order valence-electron chi connectivity index (χ2n) is 5.54. The number of ether oxygens (including phenoxy) is 1. The molecule has 0 saturated carbocycles. The Morgan fingerprint density at radius 1 is 1.32 bits per heavy atom. The summed E-state index contributed by atoms with van der Waals surface area (Å²) in [4.78, 5) is 15.4. The van der Waals surface area contributed by atoms with Crippen molar-refractivity contribution in [3.05, 3.63) is 36.2 Å². The molecule has 0 amide bonds. The zero-order valence-corrected chi connectivity index (χ0v) is 13.0. The van der Waals surface area contributed by atoms with E-state index in [2.05, 4.69) is 25.2 Å². The number of nitrogens with zero attached hydrogens (tertiary/aromatic N) is 4. The van der Waals surface area contributed by atoms with E-state index in [1.807, 2.05) is 25.1 Å². The lowest BCUT2D eigenvalue weighted by molar-refractivity contribution is 0.397. The third-order valence-corrected chi connectivity index (χ3v) is 3.86. The van der Waals surface area contributed by atoms with Gasteiger partial charge in [-0.25, -0.2) is 9.97 Å². The molecule has 1 N–H and O–H groups in total. The average molecular weight is 299 g/mol. The van der Waals surface area contributed by atoms with Crippen LogP contribution in [0.1, 0.15) is 12.1 Å². The molecule has 2 aromatic rings. The Morgan fingerprint density at radius 2 is 2.23 bits per heavy atom. The molecule has 1 atom stereocenters. The van der Waals surface area contributed by atoms with E-state index in [-0.39, 0.29) is 0 Å². The molecular weight excluding hydrogens is 278 g/mol. The molecule has 0 spiro atoms. The second kappa shape index (κ2) is 6.60. The molecule has 0 bridgehead atoms. The molecule has 0 aliphatic carbocycles. The number of rotatable bonds is 5. The van der Waals surface area contributed by atoms with Gasteiger partial charge in [0.2, 0.25) is 11.8 Å². The van der Waals surface area contributed by atoms with Gasteiger partial charge < -0.3 is 15.0 Å². The van der Waals surface area contributed by atoms with Crippen LogP contribution in [0.25, 0.3) is 0 Å². The normalized spacial score (nSPS) is 17.5. The Kier molecular flexibility index (Phi) is 4.37. The fourth-order valence-electron chi connectivity index (χ4n) is 2.67. The molecule has 6 heteroatoms. The predicted molar refractivity (Wildman–Crippen MR) is 86.4 cm³/mol. The van der Waals surface area contributed by atoms with Gasteiger partial charge in [-0.1, -0.05) is 6.07 Å². The van der Waals surface area contributed by atoms with Crippen molar-refractivity contribution in [2.75, 3.05) is 37.0 Å². The lowest BCUT2D eigenvalue weighted by Gasteiger charge is -2.17. The van der Waals surface area contributed by atoms with Gasteiger partial charge in [-0.2, -0.15) is 4.98 Å². The smallest absolute Gasteiger partial charge is 0.228 e. The Morgan fingerprint density at radius 3 is 3.05 bits per heavy atom. The standard InChI is InChI=1S/C16H21N5O/c1-12-4-3-5-14(19-12)18-10-13-7-9-21(11-13)16-17-8-6-15(20-16)22-2/h3-6,8,13H,7,9-11H2,1-2H3,(H,18,19)/t13-/m0/s1. The number of pyridine rings is 1. The van der Waals surface area contributed by atoms with Gasteiger partial charge in [0, 0.05) is 37.6 Å². The van der Waals surface area contributed by atoms with E-state index in [1.165, 1.54) is 0 Å². The first-order valence-corrected chi connectivity index (χ1v) is 7.54. The number of aromatic nitrogens is 3. The van der Waals surface area contributed by atoms with Crippen LogP contribution in [-0.2, 0) is 0 Å². The van der Waals surface area contributed by atoms with Crippen LogP contribution in [0.15, 0.2) is 30.5 Å². The van der Waals surface area contributed by atoms with E-state index in [0.29, 0.717) is 11.8 Å². The highest BCUT2D eigenvalue weighted by Crippen LogP contribution is 2.22. The summed E-state index contributed by atoms with van der Waals surface area (Å²) in [6, 6.07) is 7.80. The SMILES string of the molecule is COc1ccnc(N2CC[C@@H](CNc3cccc(C)n3)C2)n1. The third-order valence-electron chi connectivity index (χ3n) is 3.86. The summed E-state index contributed by atoms with van der Waals surface area (Å²) >= 11 is 0. The Balaban J connectivity index is 1.55. The van der Waals surface area contributed by atoms with Crippen molar-refractivity contribution in [2.24, 2.45) is 5.92 Å². The van der Waals surface area contributed by atoms with Crippen LogP contribution in [0.5, 0.6) is 5.88 Å². The van der Waals surface area contributed by atoms with Gasteiger partial charge in [0.25, 0.3) is 0 Å². The van der Waals surface area contributed by atoms with Gasteiger partial charge in [0.1, 0.15) is 5.82 Å². The van der Waals surface area contributed by atoms with Crippen molar-refractivity contribution >= 4 is 11.8 Å². The first-order valence-electron chi connectivity index (χ1n) is 7.54. The molecule has 1 fully saturated rings. The Labute approximate surface area is 130 Å². The van der Waals surface area contributed by atoms with Crippen LogP contribution < -0.4 is 15.0 Å². The van der Waals surface area contributed by atoms with Gasteiger partial charge in [-0.15, -0.1) is 0 Å². The average Bonchev–Trinajstić information content (AvgIpc) is 3.02. The fraction of sp³-hybridized carbons (Fsp3) is 0.438. The number of hydrogen-bond acceptors (Lipinski definition) is 6. The van der Waals surface area contributed by atoms with Gasteiger partial charge in [0.15, 0.2) is 0 Å². The number of hydrogen-bond donors (Lipinski definition) is 1. The van der Waals surface area contributed by atoms with Crippen LogP contribution >= 0.6 is 0 Å². The lowest BCUT2D eigenvalue weighted by atomic mass is 10.1. The van der Waals surface area contributed by atoms with Gasteiger partial charge in [0.05, 0.1) is 7.11 Å². The number of anilines is 2. The molecule has 1 aliphatic heterocycles. The summed E-state index contributed by atoms with van der Waals surface area (Å²) in [7, 11) is 1.62. The highest BCUT2D eigenvalue weighted by atomic mass is 16.5. The van der Waals surface area contributed by atoms with Crippen molar-refractivity contribution in [1.82, 2.24) is 15.0 Å². The largest absolute Gasteiger partial charge is 0.481 e. The van der Waals surface area contributed by atoms with Crippen molar-refractivity contribution < 1.29 is 4.74 Å². The number of nitrogens with one attached hydrogen (secondary N) is 1. The maximum Gasteiger partial charge on any atom is 0.228 e. The van der Waals surface area contributed by atoms with E-state index >= 15 is 0 Å². The van der Waals surface area contributed by atoms with Gasteiger partial charge in [-0.3, -0.25) is 0 Å². The number of aryl methyl sites for hydroxylation is 1. The molecule has 116 valence electrons. The van der Waals surface area contributed by atoms with E-state index in [0.717, 1.165) is 43.5 Å². The van der Waals surface area contributed by atoms with E-state index in [1.54, 1.807) is 19.4 Å². The van der Waals surface area contributed by atoms with Crippen LogP contribution in [0, 0.1) is 12.8 Å². The summed E-state index contributed by atoms with van der Waals surface area (Å²) in [6.07, 6.45) is 2.86. The maximum atomic E-state index is 5.16. The molecule has 22 heavy (non-hydrogen) atoms. The van der Waals surface area contributed by atoms with Crippen molar-refractivity contribution in [1.29, 1.82) is 0 Å². The van der Waals surface area contributed by atoms with Crippen LogP contribution in [-0.4, -0.2) is 41.7 Å². The van der Waals surface area contributed by atoms with Gasteiger partial charge in [-0.05, 0) is 31.4 Å². The lowest BCUT2D eigenvalue weighted by Crippen LogP contribution is -2.24. The summed E-state index contributed by atoms with van der Waals surface area (Å²) in [5, 5.41) is 3.42. The molecule has 3 heterocycles. The van der Waals surface area contributed by atoms with E-state index in [9.17, 15) is 0 Å². The first kappa shape index (κ1) is 14.6. The molecule has 2 aromatic heterocycles. The van der Waals surface area contributed by atoms with E-state index < -0.39 is 0 Å². The Bertz CT molecular complexity index is 633. The van der Waals surface area contributed by atoms with Crippen molar-refractivity contribution in [3.8, 4) is 5.88 Å². The fourth-order valence-corrected chi connectivity index (χ4v) is 2.67. The minimum absolute atomic E-state index is 0.567. The topological polar surface area (TPSA) is 63.2 Å². The van der Waals surface area contributed by atoms with Crippen molar-refractivity contribution in [2.45, 2.75) is 13.3 Å². The molecule has 1 saturated heterocycles. The predicted octanol–water partition coefficient (Wildman–Crippen LogP) is 2.13. The zero-order chi connectivity index (χ0) is 15.4. The third kappa shape index (κ3) is 3.44. The zero-order valence-electron chi connectivity index (χ0n) is 13.0. The molecule has 6 nitrogen and oxygen atoms in total. The maximum absolute atomic E-state index is 5.16. The highest BCUT2D eigenvalue weighted by Gasteiger charge is 2.24. The van der Waals surface area contributed by atoms with E-state index in [4.69, 9.17) is 4.74 Å². The minimum Gasteiger partial charge on any atom is -0.481 e. The second-order valence-corrected chi connectivity index (χ2v) is 5.54. The first-order chi connectivity index (χ1) is 10.7. The summed E-state index contributed by atoms with van der Waals surface area (Å²) in [5.41, 5.74) is 1.03. The van der Waals surface area contributed by atoms with Crippen molar-refractivity contribution in [3.63, 3.8) is 0 Å². The quantitative estimate of drug-likeness (QED) is 0.912. The van der Waals surface area contributed by atoms with Crippen LogP contribution in [0.2, 0.25) is 0 Å². The molecule has 0 aromatic carbocycles. The summed E-state index contributed by atoms with van der Waals surface area (Å²) in [6.45, 7) is 4.84. The van der Waals surface area contributed by atoms with Crippen LogP contribution in [0.4, 0.5) is 11.8 Å². The number of methoxy groups -OCH3 is 1. The molecule has 0 radical (unpaired) electrons. The molecule has 3 rings (SSSR count). The summed E-state index contributed by atoms with van der Waals surface area (Å²) < 4.78 is 5.16. The molecule has 1 aliphatic rings.